The Morgan fingerprint density at radius 1 is 1.14 bits per heavy atom. The lowest BCUT2D eigenvalue weighted by atomic mass is 9.78. The summed E-state index contributed by atoms with van der Waals surface area (Å²) in [6.45, 7) is 6.25. The summed E-state index contributed by atoms with van der Waals surface area (Å²) in [5.41, 5.74) is 0.0229. The highest BCUT2D eigenvalue weighted by atomic mass is 16.3. The van der Waals surface area contributed by atoms with Gasteiger partial charge in [-0.05, 0) is 70.3 Å². The lowest BCUT2D eigenvalue weighted by Crippen LogP contribution is -2.57. The van der Waals surface area contributed by atoms with E-state index >= 15 is 0 Å². The molecule has 122 valence electrons. The molecule has 3 aliphatic rings. The summed E-state index contributed by atoms with van der Waals surface area (Å²) in [5.74, 6) is 0.794. The highest BCUT2D eigenvalue weighted by molar-refractivity contribution is 5.02. The van der Waals surface area contributed by atoms with Gasteiger partial charge in [-0.25, -0.2) is 0 Å². The van der Waals surface area contributed by atoms with Crippen LogP contribution in [0.2, 0.25) is 0 Å². The van der Waals surface area contributed by atoms with Gasteiger partial charge >= 0.3 is 0 Å². The van der Waals surface area contributed by atoms with Crippen LogP contribution in [0.4, 0.5) is 0 Å². The van der Waals surface area contributed by atoms with Crippen molar-refractivity contribution in [3.8, 4) is 0 Å². The fourth-order valence-electron chi connectivity index (χ4n) is 4.07. The van der Waals surface area contributed by atoms with Gasteiger partial charge in [-0.15, -0.1) is 0 Å². The third-order valence-corrected chi connectivity index (χ3v) is 5.66. The van der Waals surface area contributed by atoms with Crippen molar-refractivity contribution in [2.24, 2.45) is 5.92 Å². The van der Waals surface area contributed by atoms with Crippen molar-refractivity contribution in [3.63, 3.8) is 0 Å². The summed E-state index contributed by atoms with van der Waals surface area (Å²) >= 11 is 0. The molecule has 0 spiro atoms. The van der Waals surface area contributed by atoms with Crippen LogP contribution in [-0.2, 0) is 0 Å². The summed E-state index contributed by atoms with van der Waals surface area (Å²) in [4.78, 5) is 2.80. The van der Waals surface area contributed by atoms with Crippen molar-refractivity contribution in [2.45, 2.75) is 95.3 Å². The molecule has 2 N–H and O–H groups in total. The summed E-state index contributed by atoms with van der Waals surface area (Å²) in [5, 5.41) is 13.8. The minimum Gasteiger partial charge on any atom is -0.394 e. The molecule has 0 amide bonds. The quantitative estimate of drug-likeness (QED) is 0.722. The van der Waals surface area contributed by atoms with Crippen molar-refractivity contribution in [2.75, 3.05) is 13.2 Å². The van der Waals surface area contributed by atoms with E-state index in [0.29, 0.717) is 18.7 Å². The number of aliphatic hydroxyl groups excluding tert-OH is 1. The Labute approximate surface area is 130 Å². The molecule has 0 radical (unpaired) electrons. The van der Waals surface area contributed by atoms with Gasteiger partial charge in [0.25, 0.3) is 0 Å². The predicted molar refractivity (Wildman–Crippen MR) is 87.4 cm³/mol. The van der Waals surface area contributed by atoms with Crippen LogP contribution in [0.1, 0.15) is 71.6 Å². The molecule has 3 saturated carbocycles. The van der Waals surface area contributed by atoms with Gasteiger partial charge in [0.15, 0.2) is 0 Å². The van der Waals surface area contributed by atoms with Crippen molar-refractivity contribution in [1.29, 1.82) is 0 Å². The van der Waals surface area contributed by atoms with E-state index in [-0.39, 0.29) is 5.54 Å². The minimum absolute atomic E-state index is 0.0229. The summed E-state index contributed by atoms with van der Waals surface area (Å²) in [7, 11) is 0. The van der Waals surface area contributed by atoms with Crippen LogP contribution in [0.15, 0.2) is 0 Å². The van der Waals surface area contributed by atoms with E-state index in [1.54, 1.807) is 0 Å². The van der Waals surface area contributed by atoms with Crippen molar-refractivity contribution in [3.05, 3.63) is 0 Å². The molecule has 21 heavy (non-hydrogen) atoms. The second-order valence-electron chi connectivity index (χ2n) is 8.26. The van der Waals surface area contributed by atoms with Gasteiger partial charge in [-0.3, -0.25) is 4.90 Å². The first-order valence-corrected chi connectivity index (χ1v) is 9.26. The predicted octanol–water partition coefficient (Wildman–Crippen LogP) is 2.92. The van der Waals surface area contributed by atoms with Crippen LogP contribution >= 0.6 is 0 Å². The number of hydrogen-bond donors (Lipinski definition) is 2. The average molecular weight is 294 g/mol. The van der Waals surface area contributed by atoms with Crippen molar-refractivity contribution < 1.29 is 5.11 Å². The average Bonchev–Trinajstić information content (AvgIpc) is 3.33. The molecule has 3 nitrogen and oxygen atoms in total. The van der Waals surface area contributed by atoms with E-state index in [9.17, 15) is 5.11 Å². The van der Waals surface area contributed by atoms with Gasteiger partial charge in [-0.1, -0.05) is 13.8 Å². The fraction of sp³-hybridized carbons (Fsp3) is 1.00. The van der Waals surface area contributed by atoms with Crippen LogP contribution in [0.3, 0.4) is 0 Å². The smallest absolute Gasteiger partial charge is 0.0613 e. The summed E-state index contributed by atoms with van der Waals surface area (Å²) in [6.07, 6.45) is 11.7. The van der Waals surface area contributed by atoms with Crippen molar-refractivity contribution in [1.82, 2.24) is 10.2 Å². The first-order chi connectivity index (χ1) is 10.1. The van der Waals surface area contributed by atoms with Crippen molar-refractivity contribution >= 4 is 0 Å². The first kappa shape index (κ1) is 15.8. The molecular formula is C18H34N2O. The zero-order valence-corrected chi connectivity index (χ0v) is 14.0. The second kappa shape index (κ2) is 6.55. The molecular weight excluding hydrogens is 260 g/mol. The Balaban J connectivity index is 1.61. The Morgan fingerprint density at radius 2 is 1.90 bits per heavy atom. The maximum Gasteiger partial charge on any atom is 0.0613 e. The van der Waals surface area contributed by atoms with Crippen LogP contribution in [-0.4, -0.2) is 46.8 Å². The molecule has 3 rings (SSSR count). The monoisotopic (exact) mass is 294 g/mol. The molecule has 0 saturated heterocycles. The zero-order chi connectivity index (χ0) is 14.9. The molecule has 0 heterocycles. The largest absolute Gasteiger partial charge is 0.394 e. The molecule has 0 aromatic rings. The van der Waals surface area contributed by atoms with Gasteiger partial charge in [0.2, 0.25) is 0 Å². The standard InChI is InChI=1S/C18H34N2O/c1-14(2)9-11-20(16-7-8-16)17-4-3-10-18(12-17,13-21)19-15-5-6-15/h14-17,19,21H,3-13H2,1-2H3. The third-order valence-electron chi connectivity index (χ3n) is 5.66. The first-order valence-electron chi connectivity index (χ1n) is 9.26. The summed E-state index contributed by atoms with van der Waals surface area (Å²) < 4.78 is 0. The maximum absolute atomic E-state index is 10.0. The minimum atomic E-state index is 0.0229. The van der Waals surface area contributed by atoms with Crippen LogP contribution in [0, 0.1) is 5.92 Å². The number of nitrogens with zero attached hydrogens (tertiary/aromatic N) is 1. The van der Waals surface area contributed by atoms with Crippen LogP contribution in [0.5, 0.6) is 0 Å². The molecule has 2 atom stereocenters. The highest BCUT2D eigenvalue weighted by Gasteiger charge is 2.43. The molecule has 0 aromatic carbocycles. The molecule has 2 unspecified atom stereocenters. The van der Waals surface area contributed by atoms with E-state index in [2.05, 4.69) is 24.1 Å². The molecule has 0 aromatic heterocycles. The van der Waals surface area contributed by atoms with Crippen LogP contribution in [0.25, 0.3) is 0 Å². The van der Waals surface area contributed by atoms with E-state index in [1.165, 1.54) is 57.9 Å². The number of nitrogens with one attached hydrogen (secondary N) is 1. The Morgan fingerprint density at radius 3 is 2.48 bits per heavy atom. The van der Waals surface area contributed by atoms with E-state index in [1.807, 2.05) is 0 Å². The van der Waals surface area contributed by atoms with Gasteiger partial charge in [0.1, 0.15) is 0 Å². The summed E-state index contributed by atoms with van der Waals surface area (Å²) in [6, 6.07) is 2.24. The lowest BCUT2D eigenvalue weighted by Gasteiger charge is -2.45. The maximum atomic E-state index is 10.0. The molecule has 3 aliphatic carbocycles. The zero-order valence-electron chi connectivity index (χ0n) is 14.0. The molecule has 3 fully saturated rings. The van der Waals surface area contributed by atoms with E-state index < -0.39 is 0 Å². The Kier molecular flexibility index (Phi) is 4.92. The third kappa shape index (κ3) is 4.20. The molecule has 0 aliphatic heterocycles. The topological polar surface area (TPSA) is 35.5 Å². The molecule has 3 heteroatoms. The highest BCUT2D eigenvalue weighted by Crippen LogP contribution is 2.38. The van der Waals surface area contributed by atoms with Gasteiger partial charge in [0, 0.05) is 23.7 Å². The second-order valence-corrected chi connectivity index (χ2v) is 8.26. The SMILES string of the molecule is CC(C)CCN(C1CC1)C1CCCC(CO)(NC2CC2)C1. The normalized spacial score (nSPS) is 33.9. The number of hydrogen-bond acceptors (Lipinski definition) is 3. The van der Waals surface area contributed by atoms with Gasteiger partial charge in [-0.2, -0.15) is 0 Å². The van der Waals surface area contributed by atoms with Gasteiger partial charge < -0.3 is 10.4 Å². The molecule has 0 bridgehead atoms. The van der Waals surface area contributed by atoms with E-state index in [4.69, 9.17) is 0 Å². The van der Waals surface area contributed by atoms with Gasteiger partial charge in [0.05, 0.1) is 6.61 Å². The Bertz CT molecular complexity index is 338. The van der Waals surface area contributed by atoms with Crippen LogP contribution < -0.4 is 5.32 Å². The van der Waals surface area contributed by atoms with E-state index in [0.717, 1.165) is 18.4 Å². The number of rotatable bonds is 8. The lowest BCUT2D eigenvalue weighted by molar-refractivity contribution is 0.0521. The Hall–Kier alpha value is -0.120. The number of aliphatic hydroxyl groups is 1. The fourth-order valence-corrected chi connectivity index (χ4v) is 4.07.